The van der Waals surface area contributed by atoms with Gasteiger partial charge in [-0.3, -0.25) is 0 Å². The van der Waals surface area contributed by atoms with Crippen LogP contribution in [0, 0.1) is 0 Å². The number of benzene rings is 2. The predicted octanol–water partition coefficient (Wildman–Crippen LogP) is 3.69. The maximum atomic E-state index is 12.6. The van der Waals surface area contributed by atoms with Gasteiger partial charge in [0, 0.05) is 41.9 Å². The SMILES string of the molecule is O=S(=O)(CCc1ccccc1)N1CCN(c2cc(Cl)cc(Cl)c2)CC1. The quantitative estimate of drug-likeness (QED) is 0.770. The fraction of sp³-hybridized carbons (Fsp3) is 0.333. The first-order valence-corrected chi connectivity index (χ1v) is 10.5. The summed E-state index contributed by atoms with van der Waals surface area (Å²) in [5, 5.41) is 1.17. The molecule has 25 heavy (non-hydrogen) atoms. The molecule has 0 saturated carbocycles. The molecule has 0 unspecified atom stereocenters. The van der Waals surface area contributed by atoms with E-state index in [2.05, 4.69) is 4.90 Å². The van der Waals surface area contributed by atoms with Crippen molar-refractivity contribution in [3.8, 4) is 0 Å². The Morgan fingerprint density at radius 1 is 0.880 bits per heavy atom. The Morgan fingerprint density at radius 2 is 1.48 bits per heavy atom. The first-order chi connectivity index (χ1) is 11.9. The third-order valence-corrected chi connectivity index (χ3v) is 6.64. The van der Waals surface area contributed by atoms with E-state index < -0.39 is 10.0 Å². The van der Waals surface area contributed by atoms with E-state index in [-0.39, 0.29) is 5.75 Å². The van der Waals surface area contributed by atoms with Crippen LogP contribution in [0.5, 0.6) is 0 Å². The van der Waals surface area contributed by atoms with Crippen LogP contribution in [0.2, 0.25) is 10.0 Å². The van der Waals surface area contributed by atoms with Gasteiger partial charge in [0.2, 0.25) is 10.0 Å². The molecule has 0 N–H and O–H groups in total. The number of anilines is 1. The van der Waals surface area contributed by atoms with E-state index in [1.165, 1.54) is 0 Å². The largest absolute Gasteiger partial charge is 0.369 e. The van der Waals surface area contributed by atoms with Gasteiger partial charge in [-0.2, -0.15) is 4.31 Å². The first kappa shape index (κ1) is 18.5. The van der Waals surface area contributed by atoms with Gasteiger partial charge in [-0.15, -0.1) is 0 Å². The molecule has 0 bridgehead atoms. The van der Waals surface area contributed by atoms with Crippen molar-refractivity contribution in [2.75, 3.05) is 36.8 Å². The van der Waals surface area contributed by atoms with Crippen LogP contribution in [-0.4, -0.2) is 44.7 Å². The van der Waals surface area contributed by atoms with E-state index in [1.807, 2.05) is 42.5 Å². The lowest BCUT2D eigenvalue weighted by Crippen LogP contribution is -2.49. The Kier molecular flexibility index (Phi) is 5.89. The molecule has 0 atom stereocenters. The molecule has 2 aromatic rings. The predicted molar refractivity (Wildman–Crippen MR) is 104 cm³/mol. The number of halogens is 2. The monoisotopic (exact) mass is 398 g/mol. The second-order valence-electron chi connectivity index (χ2n) is 6.07. The van der Waals surface area contributed by atoms with Gasteiger partial charge in [0.05, 0.1) is 5.75 Å². The second-order valence-corrected chi connectivity index (χ2v) is 9.03. The summed E-state index contributed by atoms with van der Waals surface area (Å²) < 4.78 is 26.7. The third kappa shape index (κ3) is 4.88. The molecule has 1 aliphatic rings. The number of nitrogens with zero attached hydrogens (tertiary/aromatic N) is 2. The number of sulfonamides is 1. The molecule has 0 amide bonds. The average molecular weight is 399 g/mol. The van der Waals surface area contributed by atoms with Crippen LogP contribution in [0.4, 0.5) is 5.69 Å². The summed E-state index contributed by atoms with van der Waals surface area (Å²) in [6, 6.07) is 15.1. The zero-order chi connectivity index (χ0) is 17.9. The minimum Gasteiger partial charge on any atom is -0.369 e. The Hall–Kier alpha value is -1.27. The van der Waals surface area contributed by atoms with Gasteiger partial charge >= 0.3 is 0 Å². The van der Waals surface area contributed by atoms with Gasteiger partial charge < -0.3 is 4.90 Å². The van der Waals surface area contributed by atoms with Crippen molar-refractivity contribution in [1.29, 1.82) is 0 Å². The standard InChI is InChI=1S/C18H20Cl2N2O2S/c19-16-12-17(20)14-18(13-16)21-7-9-22(10-8-21)25(23,24)11-6-15-4-2-1-3-5-15/h1-5,12-14H,6-11H2. The summed E-state index contributed by atoms with van der Waals surface area (Å²) in [4.78, 5) is 2.11. The number of hydrogen-bond acceptors (Lipinski definition) is 3. The Labute approximate surface area is 159 Å². The lowest BCUT2D eigenvalue weighted by atomic mass is 10.2. The summed E-state index contributed by atoms with van der Waals surface area (Å²) in [5.41, 5.74) is 1.97. The first-order valence-electron chi connectivity index (χ1n) is 8.17. The van der Waals surface area contributed by atoms with Crippen LogP contribution in [0.25, 0.3) is 0 Å². The number of hydrogen-bond donors (Lipinski definition) is 0. The lowest BCUT2D eigenvalue weighted by Gasteiger charge is -2.35. The van der Waals surface area contributed by atoms with E-state index in [0.717, 1.165) is 11.3 Å². The zero-order valence-corrected chi connectivity index (χ0v) is 16.1. The van der Waals surface area contributed by atoms with Crippen LogP contribution >= 0.6 is 23.2 Å². The molecular formula is C18H20Cl2N2O2S. The molecular weight excluding hydrogens is 379 g/mol. The second kappa shape index (κ2) is 7.96. The molecule has 1 aliphatic heterocycles. The van der Waals surface area contributed by atoms with E-state index in [9.17, 15) is 8.42 Å². The maximum absolute atomic E-state index is 12.6. The molecule has 1 heterocycles. The molecule has 0 aromatic heterocycles. The Morgan fingerprint density at radius 3 is 2.08 bits per heavy atom. The highest BCUT2D eigenvalue weighted by atomic mass is 35.5. The molecule has 1 saturated heterocycles. The van der Waals surface area contributed by atoms with Crippen molar-refractivity contribution in [3.63, 3.8) is 0 Å². The van der Waals surface area contributed by atoms with Crippen molar-refractivity contribution in [3.05, 3.63) is 64.1 Å². The van der Waals surface area contributed by atoms with E-state index in [1.54, 1.807) is 10.4 Å². The molecule has 134 valence electrons. The maximum Gasteiger partial charge on any atom is 0.214 e. The minimum absolute atomic E-state index is 0.139. The van der Waals surface area contributed by atoms with Gasteiger partial charge in [-0.05, 0) is 30.2 Å². The van der Waals surface area contributed by atoms with Crippen molar-refractivity contribution in [2.24, 2.45) is 0 Å². The number of rotatable bonds is 5. The summed E-state index contributed by atoms with van der Waals surface area (Å²) >= 11 is 12.1. The summed E-state index contributed by atoms with van der Waals surface area (Å²) in [6.45, 7) is 2.20. The van der Waals surface area contributed by atoms with Crippen LogP contribution in [0.1, 0.15) is 5.56 Å². The molecule has 0 spiro atoms. The van der Waals surface area contributed by atoms with Gasteiger partial charge in [0.25, 0.3) is 0 Å². The molecule has 0 radical (unpaired) electrons. The normalized spacial score (nSPS) is 16.2. The fourth-order valence-electron chi connectivity index (χ4n) is 2.97. The fourth-order valence-corrected chi connectivity index (χ4v) is 4.95. The highest BCUT2D eigenvalue weighted by Crippen LogP contribution is 2.26. The van der Waals surface area contributed by atoms with E-state index in [4.69, 9.17) is 23.2 Å². The van der Waals surface area contributed by atoms with Gasteiger partial charge in [-0.1, -0.05) is 53.5 Å². The minimum atomic E-state index is -3.25. The number of piperazine rings is 1. The molecule has 7 heteroatoms. The number of aryl methyl sites for hydroxylation is 1. The molecule has 3 rings (SSSR count). The Bertz CT molecular complexity index is 800. The van der Waals surface area contributed by atoms with Crippen LogP contribution < -0.4 is 4.90 Å². The lowest BCUT2D eigenvalue weighted by molar-refractivity contribution is 0.385. The molecule has 1 fully saturated rings. The van der Waals surface area contributed by atoms with Crippen LogP contribution in [-0.2, 0) is 16.4 Å². The summed E-state index contributed by atoms with van der Waals surface area (Å²) in [7, 11) is -3.25. The molecule has 0 aliphatic carbocycles. The third-order valence-electron chi connectivity index (χ3n) is 4.34. The Balaban J connectivity index is 1.59. The summed E-state index contributed by atoms with van der Waals surface area (Å²) in [6.07, 6.45) is 0.535. The zero-order valence-electron chi connectivity index (χ0n) is 13.7. The smallest absolute Gasteiger partial charge is 0.214 e. The molecule has 2 aromatic carbocycles. The average Bonchev–Trinajstić information content (AvgIpc) is 2.60. The molecule has 4 nitrogen and oxygen atoms in total. The topological polar surface area (TPSA) is 40.6 Å². The van der Waals surface area contributed by atoms with Crippen molar-refractivity contribution in [1.82, 2.24) is 4.31 Å². The van der Waals surface area contributed by atoms with Crippen molar-refractivity contribution in [2.45, 2.75) is 6.42 Å². The van der Waals surface area contributed by atoms with E-state index in [0.29, 0.717) is 42.6 Å². The highest BCUT2D eigenvalue weighted by molar-refractivity contribution is 7.89. The van der Waals surface area contributed by atoms with E-state index >= 15 is 0 Å². The van der Waals surface area contributed by atoms with Crippen LogP contribution in [0.3, 0.4) is 0 Å². The van der Waals surface area contributed by atoms with Crippen molar-refractivity contribution >= 4 is 38.9 Å². The van der Waals surface area contributed by atoms with Crippen LogP contribution in [0.15, 0.2) is 48.5 Å². The highest BCUT2D eigenvalue weighted by Gasteiger charge is 2.27. The van der Waals surface area contributed by atoms with Gasteiger partial charge in [0.15, 0.2) is 0 Å². The van der Waals surface area contributed by atoms with Crippen molar-refractivity contribution < 1.29 is 8.42 Å². The summed E-state index contributed by atoms with van der Waals surface area (Å²) in [5.74, 6) is 0.139. The van der Waals surface area contributed by atoms with Gasteiger partial charge in [-0.25, -0.2) is 8.42 Å². The van der Waals surface area contributed by atoms with Gasteiger partial charge in [0.1, 0.15) is 0 Å².